The Morgan fingerprint density at radius 1 is 1.09 bits per heavy atom. The number of rotatable bonds is 2. The van der Waals surface area contributed by atoms with E-state index in [1.54, 1.807) is 0 Å². The van der Waals surface area contributed by atoms with Gasteiger partial charge in [0.05, 0.1) is 16.8 Å². The summed E-state index contributed by atoms with van der Waals surface area (Å²) < 4.78 is 50.5. The van der Waals surface area contributed by atoms with Gasteiger partial charge in [-0.25, -0.2) is 0 Å². The molecule has 1 aliphatic heterocycles. The van der Waals surface area contributed by atoms with Crippen LogP contribution in [0.15, 0.2) is 24.2 Å². The van der Waals surface area contributed by atoms with E-state index >= 15 is 0 Å². The molecule has 2 rings (SSSR count). The third-order valence-corrected chi connectivity index (χ3v) is 4.38. The Bertz CT molecular complexity index is 581. The third-order valence-electron chi connectivity index (χ3n) is 4.05. The van der Waals surface area contributed by atoms with Crippen molar-refractivity contribution in [2.75, 3.05) is 0 Å². The minimum Gasteiger partial charge on any atom is -0.400 e. The van der Waals surface area contributed by atoms with Crippen molar-refractivity contribution in [2.24, 2.45) is 0 Å². The summed E-state index contributed by atoms with van der Waals surface area (Å²) in [6.07, 6.45) is -3.17. The molecule has 1 aromatic rings. The van der Waals surface area contributed by atoms with Crippen LogP contribution in [0, 0.1) is 0 Å². The van der Waals surface area contributed by atoms with Gasteiger partial charge in [0.1, 0.15) is 0 Å². The van der Waals surface area contributed by atoms with Crippen LogP contribution in [0.4, 0.5) is 13.2 Å². The number of hydrogen-bond donors (Lipinski definition) is 0. The highest BCUT2D eigenvalue weighted by molar-refractivity contribution is 6.52. The molecule has 0 atom stereocenters. The monoisotopic (exact) mass is 332 g/mol. The molecule has 22 heavy (non-hydrogen) atoms. The fourth-order valence-corrected chi connectivity index (χ4v) is 2.33. The highest BCUT2D eigenvalue weighted by atomic mass is 35.5. The Hall–Kier alpha value is -0.975. The Morgan fingerprint density at radius 3 is 2.14 bits per heavy atom. The fraction of sp³-hybridized carbons (Fsp3) is 0.467. The van der Waals surface area contributed by atoms with Crippen LogP contribution >= 0.6 is 11.6 Å². The zero-order chi connectivity index (χ0) is 16.8. The minimum absolute atomic E-state index is 0.0302. The molecule has 0 amide bonds. The first-order valence-corrected chi connectivity index (χ1v) is 7.21. The SMILES string of the molecule is CC1(C)OB(C=Cc2c(Cl)cccc2C(F)(F)F)OC1(C)C. The molecule has 0 saturated carbocycles. The van der Waals surface area contributed by atoms with Gasteiger partial charge in [0.15, 0.2) is 0 Å². The van der Waals surface area contributed by atoms with Crippen LogP contribution in [-0.4, -0.2) is 18.3 Å². The van der Waals surface area contributed by atoms with Gasteiger partial charge in [-0.05, 0) is 39.8 Å². The van der Waals surface area contributed by atoms with E-state index in [0.717, 1.165) is 6.07 Å². The topological polar surface area (TPSA) is 18.5 Å². The number of benzene rings is 1. The molecule has 0 bridgehead atoms. The average Bonchev–Trinajstić information content (AvgIpc) is 2.54. The van der Waals surface area contributed by atoms with E-state index in [0.29, 0.717) is 0 Å². The summed E-state index contributed by atoms with van der Waals surface area (Å²) in [6.45, 7) is 7.49. The van der Waals surface area contributed by atoms with Crippen molar-refractivity contribution in [3.63, 3.8) is 0 Å². The van der Waals surface area contributed by atoms with Crippen molar-refractivity contribution in [1.29, 1.82) is 0 Å². The maximum Gasteiger partial charge on any atom is 0.487 e. The van der Waals surface area contributed by atoms with Crippen molar-refractivity contribution in [1.82, 2.24) is 0 Å². The standard InChI is InChI=1S/C15H17BClF3O2/c1-13(2)14(3,4)22-16(21-13)9-8-10-11(15(18,19)20)6-5-7-12(10)17/h5-9H,1-4H3. The van der Waals surface area contributed by atoms with Crippen molar-refractivity contribution in [3.8, 4) is 0 Å². The van der Waals surface area contributed by atoms with Gasteiger partial charge in [-0.3, -0.25) is 0 Å². The highest BCUT2D eigenvalue weighted by Crippen LogP contribution is 2.38. The van der Waals surface area contributed by atoms with Gasteiger partial charge >= 0.3 is 13.3 Å². The summed E-state index contributed by atoms with van der Waals surface area (Å²) in [5, 5.41) is 0.0302. The summed E-state index contributed by atoms with van der Waals surface area (Å²) in [5.41, 5.74) is -1.97. The smallest absolute Gasteiger partial charge is 0.400 e. The van der Waals surface area contributed by atoms with E-state index in [1.165, 1.54) is 24.2 Å². The normalized spacial score (nSPS) is 20.8. The summed E-state index contributed by atoms with van der Waals surface area (Å²) in [4.78, 5) is 0. The van der Waals surface area contributed by atoms with Gasteiger partial charge in [-0.1, -0.05) is 29.7 Å². The molecule has 2 nitrogen and oxygen atoms in total. The van der Waals surface area contributed by atoms with Crippen molar-refractivity contribution >= 4 is 24.8 Å². The Morgan fingerprint density at radius 2 is 1.64 bits per heavy atom. The lowest BCUT2D eigenvalue weighted by atomic mass is 9.88. The second kappa shape index (κ2) is 5.58. The number of hydrogen-bond acceptors (Lipinski definition) is 2. The van der Waals surface area contributed by atoms with E-state index in [1.807, 2.05) is 27.7 Å². The first-order chi connectivity index (χ1) is 9.94. The molecule has 0 unspecified atom stereocenters. The van der Waals surface area contributed by atoms with Crippen molar-refractivity contribution in [3.05, 3.63) is 40.3 Å². The van der Waals surface area contributed by atoms with Gasteiger partial charge in [-0.2, -0.15) is 13.2 Å². The van der Waals surface area contributed by atoms with Gasteiger partial charge in [0.2, 0.25) is 0 Å². The average molecular weight is 333 g/mol. The van der Waals surface area contributed by atoms with Crippen LogP contribution < -0.4 is 0 Å². The molecule has 1 aromatic carbocycles. The summed E-state index contributed by atoms with van der Waals surface area (Å²) in [7, 11) is -0.720. The zero-order valence-corrected chi connectivity index (χ0v) is 13.5. The van der Waals surface area contributed by atoms with Crippen LogP contribution in [0.1, 0.15) is 38.8 Å². The molecule has 0 aromatic heterocycles. The molecular formula is C15H17BClF3O2. The largest absolute Gasteiger partial charge is 0.487 e. The van der Waals surface area contributed by atoms with E-state index in [-0.39, 0.29) is 10.6 Å². The van der Waals surface area contributed by atoms with Crippen LogP contribution in [0.2, 0.25) is 5.02 Å². The van der Waals surface area contributed by atoms with Gasteiger partial charge < -0.3 is 9.31 Å². The molecule has 1 fully saturated rings. The van der Waals surface area contributed by atoms with E-state index in [4.69, 9.17) is 20.9 Å². The lowest BCUT2D eigenvalue weighted by Crippen LogP contribution is -2.41. The predicted molar refractivity (Wildman–Crippen MR) is 81.6 cm³/mol. The molecule has 7 heteroatoms. The maximum atomic E-state index is 13.0. The third kappa shape index (κ3) is 3.34. The van der Waals surface area contributed by atoms with Gasteiger partial charge in [0.25, 0.3) is 0 Å². The summed E-state index contributed by atoms with van der Waals surface area (Å²) >= 11 is 5.90. The van der Waals surface area contributed by atoms with Crippen molar-refractivity contribution < 1.29 is 22.5 Å². The Labute approximate surface area is 133 Å². The predicted octanol–water partition coefficient (Wildman–Crippen LogP) is 5.00. The number of alkyl halides is 3. The summed E-state index contributed by atoms with van der Waals surface area (Å²) in [5.74, 6) is 1.45. The first kappa shape index (κ1) is 17.4. The molecule has 1 aliphatic rings. The second-order valence-corrected chi connectivity index (χ2v) is 6.59. The van der Waals surface area contributed by atoms with Gasteiger partial charge in [0, 0.05) is 10.6 Å². The molecule has 0 spiro atoms. The Balaban J connectivity index is 2.29. The zero-order valence-electron chi connectivity index (χ0n) is 12.8. The first-order valence-electron chi connectivity index (χ1n) is 6.83. The van der Waals surface area contributed by atoms with E-state index < -0.39 is 30.1 Å². The fourth-order valence-electron chi connectivity index (χ4n) is 2.10. The Kier molecular flexibility index (Phi) is 4.41. The van der Waals surface area contributed by atoms with Crippen LogP contribution in [0.3, 0.4) is 0 Å². The minimum atomic E-state index is -4.47. The summed E-state index contributed by atoms with van der Waals surface area (Å²) in [6, 6.07) is 3.69. The second-order valence-electron chi connectivity index (χ2n) is 6.18. The highest BCUT2D eigenvalue weighted by Gasteiger charge is 2.50. The molecule has 0 radical (unpaired) electrons. The lowest BCUT2D eigenvalue weighted by Gasteiger charge is -2.32. The molecule has 120 valence electrons. The lowest BCUT2D eigenvalue weighted by molar-refractivity contribution is -0.137. The molecule has 0 N–H and O–H groups in total. The quantitative estimate of drug-likeness (QED) is 0.709. The van der Waals surface area contributed by atoms with Crippen LogP contribution in [0.25, 0.3) is 6.08 Å². The molecule has 0 aliphatic carbocycles. The molecule has 1 saturated heterocycles. The maximum absolute atomic E-state index is 13.0. The van der Waals surface area contributed by atoms with Gasteiger partial charge in [-0.15, -0.1) is 0 Å². The van der Waals surface area contributed by atoms with Crippen LogP contribution in [0.5, 0.6) is 0 Å². The van der Waals surface area contributed by atoms with Crippen LogP contribution in [-0.2, 0) is 15.5 Å². The molecular weight excluding hydrogens is 315 g/mol. The van der Waals surface area contributed by atoms with Crippen molar-refractivity contribution in [2.45, 2.75) is 45.1 Å². The van der Waals surface area contributed by atoms with E-state index in [2.05, 4.69) is 0 Å². The number of halogens is 4. The molecule has 1 heterocycles. The van der Waals surface area contributed by atoms with E-state index in [9.17, 15) is 13.2 Å².